The van der Waals surface area contributed by atoms with Crippen LogP contribution < -0.4 is 10.6 Å². The SMILES string of the molecule is C#CCNC(=O)C#CC(=O)NCC#C. The molecule has 0 aliphatic carbocycles. The van der Waals surface area contributed by atoms with E-state index in [1.54, 1.807) is 0 Å². The summed E-state index contributed by atoms with van der Waals surface area (Å²) in [5.41, 5.74) is 0. The molecule has 2 N–H and O–H groups in total. The van der Waals surface area contributed by atoms with Gasteiger partial charge in [-0.05, 0) is 0 Å². The Morgan fingerprint density at radius 3 is 1.57 bits per heavy atom. The minimum Gasteiger partial charge on any atom is -0.334 e. The average Bonchev–Trinajstić information content (AvgIpc) is 2.20. The zero-order valence-electron chi connectivity index (χ0n) is 7.39. The first-order valence-electron chi connectivity index (χ1n) is 3.65. The molecule has 0 aromatic rings. The van der Waals surface area contributed by atoms with Crippen LogP contribution in [0.1, 0.15) is 0 Å². The molecule has 2 amide bonds. The third-order valence-corrected chi connectivity index (χ3v) is 0.992. The average molecular weight is 188 g/mol. The number of carbonyl (C=O) groups excluding carboxylic acids is 2. The fourth-order valence-electron chi connectivity index (χ4n) is 0.465. The van der Waals surface area contributed by atoms with Crippen molar-refractivity contribution in [3.63, 3.8) is 0 Å². The predicted molar refractivity (Wildman–Crippen MR) is 51.5 cm³/mol. The van der Waals surface area contributed by atoms with E-state index >= 15 is 0 Å². The van der Waals surface area contributed by atoms with Crippen molar-refractivity contribution in [2.45, 2.75) is 0 Å². The number of rotatable bonds is 2. The van der Waals surface area contributed by atoms with E-state index in [1.165, 1.54) is 0 Å². The van der Waals surface area contributed by atoms with Gasteiger partial charge in [0, 0.05) is 11.8 Å². The van der Waals surface area contributed by atoms with Crippen LogP contribution >= 0.6 is 0 Å². The summed E-state index contributed by atoms with van der Waals surface area (Å²) in [6, 6.07) is 0. The minimum atomic E-state index is -0.598. The third-order valence-electron chi connectivity index (χ3n) is 0.992. The number of hydrogen-bond acceptors (Lipinski definition) is 2. The summed E-state index contributed by atoms with van der Waals surface area (Å²) in [5, 5.41) is 4.55. The fraction of sp³-hybridized carbons (Fsp3) is 0.200. The molecule has 70 valence electrons. The molecule has 0 fully saturated rings. The standard InChI is InChI=1S/C10H8N2O2/c1-3-7-11-9(13)5-6-10(14)12-8-4-2/h1-2H,7-8H2,(H,11,13)(H,12,14). The Kier molecular flexibility index (Phi) is 6.04. The molecule has 0 aromatic heterocycles. The van der Waals surface area contributed by atoms with E-state index in [4.69, 9.17) is 12.8 Å². The predicted octanol–water partition coefficient (Wildman–Crippen LogP) is -1.51. The second-order valence-electron chi connectivity index (χ2n) is 2.02. The molecule has 0 aliphatic heterocycles. The topological polar surface area (TPSA) is 58.2 Å². The third kappa shape index (κ3) is 6.34. The van der Waals surface area contributed by atoms with Gasteiger partial charge < -0.3 is 10.6 Å². The molecule has 0 rings (SSSR count). The smallest absolute Gasteiger partial charge is 0.297 e. The lowest BCUT2D eigenvalue weighted by molar-refractivity contribution is -0.117. The van der Waals surface area contributed by atoms with Crippen molar-refractivity contribution in [1.29, 1.82) is 0 Å². The van der Waals surface area contributed by atoms with E-state index in [9.17, 15) is 9.59 Å². The number of nitrogens with one attached hydrogen (secondary N) is 2. The van der Waals surface area contributed by atoms with Crippen molar-refractivity contribution in [1.82, 2.24) is 10.6 Å². The Morgan fingerprint density at radius 1 is 0.929 bits per heavy atom. The molecule has 4 nitrogen and oxygen atoms in total. The molecule has 0 radical (unpaired) electrons. The van der Waals surface area contributed by atoms with Crippen molar-refractivity contribution in [3.8, 4) is 36.5 Å². The first-order valence-corrected chi connectivity index (χ1v) is 3.65. The van der Waals surface area contributed by atoms with Gasteiger partial charge in [0.1, 0.15) is 0 Å². The van der Waals surface area contributed by atoms with E-state index < -0.39 is 11.8 Å². The van der Waals surface area contributed by atoms with Gasteiger partial charge in [-0.3, -0.25) is 9.59 Å². The molecule has 4 heteroatoms. The molecule has 0 saturated heterocycles. The van der Waals surface area contributed by atoms with Gasteiger partial charge in [0.05, 0.1) is 13.1 Å². The van der Waals surface area contributed by atoms with E-state index in [2.05, 4.69) is 22.5 Å². The number of terminal acetylenes is 2. The van der Waals surface area contributed by atoms with Crippen LogP contribution in [0, 0.1) is 36.5 Å². The Bertz CT molecular complexity index is 326. The first-order chi connectivity index (χ1) is 6.70. The summed E-state index contributed by atoms with van der Waals surface area (Å²) in [6.07, 6.45) is 9.77. The van der Waals surface area contributed by atoms with Crippen LogP contribution in [0.2, 0.25) is 0 Å². The second kappa shape index (κ2) is 7.28. The quantitative estimate of drug-likeness (QED) is 0.517. The lowest BCUT2D eigenvalue weighted by Crippen LogP contribution is -2.24. The summed E-state index contributed by atoms with van der Waals surface area (Å²) in [5.74, 6) is 7.29. The van der Waals surface area contributed by atoms with E-state index in [-0.39, 0.29) is 13.1 Å². The van der Waals surface area contributed by atoms with Crippen LogP contribution in [0.15, 0.2) is 0 Å². The minimum absolute atomic E-state index is 0.0828. The van der Waals surface area contributed by atoms with E-state index in [0.29, 0.717) is 0 Å². The summed E-state index contributed by atoms with van der Waals surface area (Å²) in [7, 11) is 0. The fourth-order valence-corrected chi connectivity index (χ4v) is 0.465. The Morgan fingerprint density at radius 2 is 1.29 bits per heavy atom. The highest BCUT2D eigenvalue weighted by Gasteiger charge is 1.94. The summed E-state index contributed by atoms with van der Waals surface area (Å²) in [6.45, 7) is 0.166. The second-order valence-corrected chi connectivity index (χ2v) is 2.02. The lowest BCUT2D eigenvalue weighted by Gasteiger charge is -1.91. The molecule has 0 aromatic carbocycles. The highest BCUT2D eigenvalue weighted by atomic mass is 16.2. The highest BCUT2D eigenvalue weighted by molar-refractivity contribution is 6.02. The van der Waals surface area contributed by atoms with Gasteiger partial charge in [0.25, 0.3) is 11.8 Å². The summed E-state index contributed by atoms with van der Waals surface area (Å²) >= 11 is 0. The normalized spacial score (nSPS) is 7.00. The maximum Gasteiger partial charge on any atom is 0.297 e. The largest absolute Gasteiger partial charge is 0.334 e. The van der Waals surface area contributed by atoms with Crippen LogP contribution in [-0.2, 0) is 9.59 Å². The molecule has 0 bridgehead atoms. The van der Waals surface area contributed by atoms with Crippen LogP contribution in [0.5, 0.6) is 0 Å². The molecular formula is C10H8N2O2. The van der Waals surface area contributed by atoms with Crippen LogP contribution in [0.25, 0.3) is 0 Å². The maximum absolute atomic E-state index is 10.8. The van der Waals surface area contributed by atoms with Crippen molar-refractivity contribution in [2.75, 3.05) is 13.1 Å². The maximum atomic E-state index is 10.8. The van der Waals surface area contributed by atoms with E-state index in [0.717, 1.165) is 0 Å². The van der Waals surface area contributed by atoms with E-state index in [1.807, 2.05) is 11.8 Å². The van der Waals surface area contributed by atoms with Gasteiger partial charge in [-0.1, -0.05) is 11.8 Å². The van der Waals surface area contributed by atoms with Crippen molar-refractivity contribution in [3.05, 3.63) is 0 Å². The number of carbonyl (C=O) groups is 2. The number of amides is 2. The van der Waals surface area contributed by atoms with Crippen LogP contribution in [0.4, 0.5) is 0 Å². The van der Waals surface area contributed by atoms with Crippen molar-refractivity contribution in [2.24, 2.45) is 0 Å². The van der Waals surface area contributed by atoms with Gasteiger partial charge >= 0.3 is 0 Å². The molecule has 14 heavy (non-hydrogen) atoms. The lowest BCUT2D eigenvalue weighted by atomic mass is 10.5. The van der Waals surface area contributed by atoms with Gasteiger partial charge in [-0.25, -0.2) is 0 Å². The molecule has 0 saturated carbocycles. The van der Waals surface area contributed by atoms with Crippen molar-refractivity contribution < 1.29 is 9.59 Å². The van der Waals surface area contributed by atoms with Crippen LogP contribution in [0.3, 0.4) is 0 Å². The molecule has 0 atom stereocenters. The van der Waals surface area contributed by atoms with Gasteiger partial charge in [0.15, 0.2) is 0 Å². The molecule has 0 aliphatic rings. The molecule has 0 unspecified atom stereocenters. The number of hydrogen-bond donors (Lipinski definition) is 2. The van der Waals surface area contributed by atoms with Gasteiger partial charge in [0.2, 0.25) is 0 Å². The zero-order valence-corrected chi connectivity index (χ0v) is 7.39. The first kappa shape index (κ1) is 11.6. The summed E-state index contributed by atoms with van der Waals surface area (Å²) < 4.78 is 0. The zero-order chi connectivity index (χ0) is 10.8. The van der Waals surface area contributed by atoms with Crippen molar-refractivity contribution >= 4 is 11.8 Å². The molecule has 0 heterocycles. The molecule has 0 spiro atoms. The molecular weight excluding hydrogens is 180 g/mol. The highest BCUT2D eigenvalue weighted by Crippen LogP contribution is 1.64. The Balaban J connectivity index is 3.92. The monoisotopic (exact) mass is 188 g/mol. The Hall–Kier alpha value is -2.38. The van der Waals surface area contributed by atoms with Gasteiger partial charge in [-0.15, -0.1) is 12.8 Å². The van der Waals surface area contributed by atoms with Crippen LogP contribution in [-0.4, -0.2) is 24.9 Å². The summed E-state index contributed by atoms with van der Waals surface area (Å²) in [4.78, 5) is 21.6. The van der Waals surface area contributed by atoms with Gasteiger partial charge in [-0.2, -0.15) is 0 Å². The Labute approximate surface area is 82.4 Å².